The van der Waals surface area contributed by atoms with Gasteiger partial charge < -0.3 is 19.6 Å². The molecule has 2 N–H and O–H groups in total. The number of carbonyl (C=O) groups is 1. The molecular formula is C22H22N2O4. The highest BCUT2D eigenvalue weighted by atomic mass is 16.5. The van der Waals surface area contributed by atoms with Crippen LogP contribution in [0.15, 0.2) is 57.9 Å². The van der Waals surface area contributed by atoms with Crippen LogP contribution in [-0.4, -0.2) is 30.3 Å². The van der Waals surface area contributed by atoms with E-state index in [2.05, 4.69) is 10.3 Å². The molecule has 144 valence electrons. The summed E-state index contributed by atoms with van der Waals surface area (Å²) in [6.07, 6.45) is 2.01. The highest BCUT2D eigenvalue weighted by Gasteiger charge is 2.18. The lowest BCUT2D eigenvalue weighted by atomic mass is 10.1. The number of rotatable bonds is 4. The Morgan fingerprint density at radius 3 is 2.89 bits per heavy atom. The molecule has 1 aliphatic heterocycles. The zero-order valence-electron chi connectivity index (χ0n) is 15.6. The predicted octanol–water partition coefficient (Wildman–Crippen LogP) is 3.59. The summed E-state index contributed by atoms with van der Waals surface area (Å²) in [6, 6.07) is 14.1. The molecule has 28 heavy (non-hydrogen) atoms. The van der Waals surface area contributed by atoms with Gasteiger partial charge in [-0.2, -0.15) is 0 Å². The Hall–Kier alpha value is -3.12. The second kappa shape index (κ2) is 7.86. The van der Waals surface area contributed by atoms with Gasteiger partial charge in [0.15, 0.2) is 0 Å². The molecule has 2 heterocycles. The van der Waals surface area contributed by atoms with E-state index in [9.17, 15) is 9.90 Å². The predicted molar refractivity (Wildman–Crippen MR) is 106 cm³/mol. The number of nitrogens with one attached hydrogen (secondary N) is 1. The van der Waals surface area contributed by atoms with Crippen molar-refractivity contribution in [2.45, 2.75) is 25.9 Å². The number of carbonyl (C=O) groups excluding carboxylic acids is 1. The lowest BCUT2D eigenvalue weighted by Crippen LogP contribution is -2.34. The number of nitrogens with zero attached hydrogens (tertiary/aromatic N) is 1. The number of phenolic OH excluding ortho intramolecular Hbond substituents is 1. The largest absolute Gasteiger partial charge is 0.508 e. The maximum absolute atomic E-state index is 12.9. The number of aryl methyl sites for hydroxylation is 1. The van der Waals surface area contributed by atoms with Gasteiger partial charge in [-0.3, -0.25) is 4.79 Å². The summed E-state index contributed by atoms with van der Waals surface area (Å²) < 4.78 is 11.5. The average molecular weight is 378 g/mol. The normalized spacial score (nSPS) is 17.2. The highest BCUT2D eigenvalue weighted by molar-refractivity contribution is 5.96. The fourth-order valence-electron chi connectivity index (χ4n) is 3.26. The summed E-state index contributed by atoms with van der Waals surface area (Å²) in [5, 5.41) is 13.4. The van der Waals surface area contributed by atoms with Crippen LogP contribution in [0.3, 0.4) is 0 Å². The quantitative estimate of drug-likeness (QED) is 0.727. The second-order valence-electron chi connectivity index (χ2n) is 6.93. The van der Waals surface area contributed by atoms with Crippen LogP contribution in [-0.2, 0) is 4.74 Å². The van der Waals surface area contributed by atoms with Gasteiger partial charge in [0.25, 0.3) is 5.91 Å². The van der Waals surface area contributed by atoms with Crippen LogP contribution < -0.4 is 10.9 Å². The summed E-state index contributed by atoms with van der Waals surface area (Å²) >= 11 is 0. The van der Waals surface area contributed by atoms with E-state index < -0.39 is 0 Å². The van der Waals surface area contributed by atoms with Crippen molar-refractivity contribution in [2.24, 2.45) is 4.99 Å². The van der Waals surface area contributed by atoms with Crippen molar-refractivity contribution in [3.63, 3.8) is 0 Å². The van der Waals surface area contributed by atoms with E-state index in [1.54, 1.807) is 18.2 Å². The molecule has 0 unspecified atom stereocenters. The molecule has 1 amide bonds. The molecule has 1 aromatic heterocycles. The van der Waals surface area contributed by atoms with Crippen LogP contribution in [0.1, 0.15) is 28.8 Å². The zero-order valence-corrected chi connectivity index (χ0v) is 15.6. The van der Waals surface area contributed by atoms with Crippen molar-refractivity contribution in [3.05, 3.63) is 65.2 Å². The number of amides is 1. The van der Waals surface area contributed by atoms with Crippen molar-refractivity contribution in [1.82, 2.24) is 5.32 Å². The van der Waals surface area contributed by atoms with Crippen LogP contribution >= 0.6 is 0 Å². The molecule has 0 saturated carbocycles. The number of hydrogen-bond acceptors (Lipinski definition) is 5. The van der Waals surface area contributed by atoms with Crippen molar-refractivity contribution < 1.29 is 19.1 Å². The first-order valence-electron chi connectivity index (χ1n) is 9.37. The van der Waals surface area contributed by atoms with E-state index in [-0.39, 0.29) is 23.3 Å². The van der Waals surface area contributed by atoms with Gasteiger partial charge in [-0.05, 0) is 49.6 Å². The Morgan fingerprint density at radius 1 is 1.25 bits per heavy atom. The molecule has 1 atom stereocenters. The number of para-hydroxylation sites is 1. The second-order valence-corrected chi connectivity index (χ2v) is 6.93. The fraction of sp³-hybridized carbons (Fsp3) is 0.273. The molecule has 6 heteroatoms. The van der Waals surface area contributed by atoms with E-state index in [1.165, 1.54) is 6.07 Å². The van der Waals surface area contributed by atoms with Gasteiger partial charge in [0, 0.05) is 24.6 Å². The lowest BCUT2D eigenvalue weighted by molar-refractivity contribution is 0.0854. The van der Waals surface area contributed by atoms with Gasteiger partial charge in [0.05, 0.1) is 11.8 Å². The monoisotopic (exact) mass is 378 g/mol. The Bertz CT molecular complexity index is 1080. The van der Waals surface area contributed by atoms with Crippen LogP contribution in [0.25, 0.3) is 11.0 Å². The number of ether oxygens (including phenoxy) is 1. The van der Waals surface area contributed by atoms with Crippen LogP contribution in [0.2, 0.25) is 0 Å². The molecule has 1 saturated heterocycles. The van der Waals surface area contributed by atoms with Crippen LogP contribution in [0, 0.1) is 6.92 Å². The molecule has 6 nitrogen and oxygen atoms in total. The zero-order chi connectivity index (χ0) is 19.5. The third-order valence-corrected chi connectivity index (χ3v) is 4.83. The first-order chi connectivity index (χ1) is 13.6. The van der Waals surface area contributed by atoms with Crippen molar-refractivity contribution in [2.75, 3.05) is 13.2 Å². The summed E-state index contributed by atoms with van der Waals surface area (Å²) in [5.41, 5.74) is 2.71. The summed E-state index contributed by atoms with van der Waals surface area (Å²) in [5.74, 6) is -0.171. The van der Waals surface area contributed by atoms with E-state index in [0.717, 1.165) is 30.7 Å². The third kappa shape index (κ3) is 3.92. The third-order valence-electron chi connectivity index (χ3n) is 4.83. The maximum Gasteiger partial charge on any atom is 0.256 e. The number of phenols is 1. The summed E-state index contributed by atoms with van der Waals surface area (Å²) in [7, 11) is 0. The van der Waals surface area contributed by atoms with Gasteiger partial charge >= 0.3 is 0 Å². The highest BCUT2D eigenvalue weighted by Crippen LogP contribution is 2.21. The maximum atomic E-state index is 12.9. The Morgan fingerprint density at radius 2 is 2.11 bits per heavy atom. The average Bonchev–Trinajstić information content (AvgIpc) is 3.21. The van der Waals surface area contributed by atoms with E-state index in [0.29, 0.717) is 23.1 Å². The number of benzene rings is 2. The molecular weight excluding hydrogens is 356 g/mol. The smallest absolute Gasteiger partial charge is 0.256 e. The standard InChI is InChI=1S/C22H22N2O4/c1-14-5-2-3-7-19(14)24-22-18(21(26)23-13-17-6-4-10-27-17)11-15-8-9-16(25)12-20(15)28-22/h2-3,5,7-9,11-12,17,25H,4,6,10,13H2,1H3,(H,23,26)/t17-/m1/s1. The van der Waals surface area contributed by atoms with Gasteiger partial charge in [0.1, 0.15) is 16.9 Å². The minimum Gasteiger partial charge on any atom is -0.508 e. The number of hydrogen-bond donors (Lipinski definition) is 2. The lowest BCUT2D eigenvalue weighted by Gasteiger charge is -2.11. The van der Waals surface area contributed by atoms with Gasteiger partial charge in [0.2, 0.25) is 5.55 Å². The first kappa shape index (κ1) is 18.3. The molecule has 0 spiro atoms. The van der Waals surface area contributed by atoms with Crippen molar-refractivity contribution >= 4 is 22.6 Å². The molecule has 2 aromatic carbocycles. The van der Waals surface area contributed by atoms with Gasteiger partial charge in [-0.1, -0.05) is 18.2 Å². The molecule has 4 rings (SSSR count). The number of fused-ring (bicyclic) bond motifs is 1. The molecule has 3 aromatic rings. The van der Waals surface area contributed by atoms with Crippen molar-refractivity contribution in [3.8, 4) is 5.75 Å². The summed E-state index contributed by atoms with van der Waals surface area (Å²) in [4.78, 5) is 17.5. The van der Waals surface area contributed by atoms with E-state index in [1.807, 2.05) is 31.2 Å². The fourth-order valence-corrected chi connectivity index (χ4v) is 3.26. The topological polar surface area (TPSA) is 84.1 Å². The number of aromatic hydroxyl groups is 1. The van der Waals surface area contributed by atoms with Crippen LogP contribution in [0.5, 0.6) is 5.75 Å². The Kier molecular flexibility index (Phi) is 5.12. The molecule has 0 radical (unpaired) electrons. The Balaban J connectivity index is 1.77. The minimum absolute atomic E-state index is 0.0510. The van der Waals surface area contributed by atoms with E-state index >= 15 is 0 Å². The minimum atomic E-state index is -0.262. The van der Waals surface area contributed by atoms with Crippen molar-refractivity contribution in [1.29, 1.82) is 0 Å². The molecule has 0 aliphatic carbocycles. The molecule has 1 aliphatic rings. The summed E-state index contributed by atoms with van der Waals surface area (Å²) in [6.45, 7) is 3.14. The molecule has 1 fully saturated rings. The molecule has 0 bridgehead atoms. The Labute approximate surface area is 162 Å². The first-order valence-corrected chi connectivity index (χ1v) is 9.37. The van der Waals surface area contributed by atoms with Gasteiger partial charge in [-0.25, -0.2) is 4.99 Å². The van der Waals surface area contributed by atoms with E-state index in [4.69, 9.17) is 9.15 Å². The van der Waals surface area contributed by atoms with Crippen LogP contribution in [0.4, 0.5) is 5.69 Å². The SMILES string of the molecule is Cc1ccccc1N=c1oc2cc(O)ccc2cc1C(=O)NC[C@H]1CCCO1. The van der Waals surface area contributed by atoms with Gasteiger partial charge in [-0.15, -0.1) is 0 Å².